The Bertz CT molecular complexity index is 196. The molecule has 0 heterocycles. The molecule has 0 amide bonds. The van der Waals surface area contributed by atoms with Gasteiger partial charge in [-0.05, 0) is 44.4 Å². The second-order valence-corrected chi connectivity index (χ2v) is 6.22. The van der Waals surface area contributed by atoms with Gasteiger partial charge in [-0.15, -0.1) is 0 Å². The van der Waals surface area contributed by atoms with Gasteiger partial charge >= 0.3 is 0 Å². The lowest BCUT2D eigenvalue weighted by molar-refractivity contribution is 0.210. The third kappa shape index (κ3) is 3.23. The van der Waals surface area contributed by atoms with Crippen LogP contribution in [0.3, 0.4) is 0 Å². The van der Waals surface area contributed by atoms with Crippen molar-refractivity contribution in [3.8, 4) is 0 Å². The Kier molecular flexibility index (Phi) is 4.69. The fraction of sp³-hybridized carbons (Fsp3) is 1.00. The van der Waals surface area contributed by atoms with Crippen molar-refractivity contribution in [1.82, 2.24) is 5.32 Å². The first-order valence-electron chi connectivity index (χ1n) is 7.53. The Labute approximate surface area is 101 Å². The van der Waals surface area contributed by atoms with E-state index >= 15 is 0 Å². The van der Waals surface area contributed by atoms with Crippen LogP contribution in [0.1, 0.15) is 71.6 Å². The van der Waals surface area contributed by atoms with E-state index in [0.717, 1.165) is 23.9 Å². The summed E-state index contributed by atoms with van der Waals surface area (Å²) in [6, 6.07) is 1.57. The van der Waals surface area contributed by atoms with Crippen LogP contribution in [0.25, 0.3) is 0 Å². The summed E-state index contributed by atoms with van der Waals surface area (Å²) >= 11 is 0. The first kappa shape index (κ1) is 12.4. The fourth-order valence-electron chi connectivity index (χ4n) is 3.67. The van der Waals surface area contributed by atoms with Gasteiger partial charge in [0.25, 0.3) is 0 Å². The molecule has 0 saturated heterocycles. The van der Waals surface area contributed by atoms with Gasteiger partial charge in [-0.1, -0.05) is 39.0 Å². The average Bonchev–Trinajstić information content (AvgIpc) is 2.33. The fourth-order valence-corrected chi connectivity index (χ4v) is 3.67. The molecule has 2 aliphatic rings. The topological polar surface area (TPSA) is 12.0 Å². The summed E-state index contributed by atoms with van der Waals surface area (Å²) in [4.78, 5) is 0. The van der Waals surface area contributed by atoms with Crippen LogP contribution in [0, 0.1) is 11.8 Å². The largest absolute Gasteiger partial charge is 0.311 e. The molecular weight excluding hydrogens is 194 g/mol. The maximum atomic E-state index is 3.94. The summed E-state index contributed by atoms with van der Waals surface area (Å²) in [5.41, 5.74) is 0. The number of hydrogen-bond donors (Lipinski definition) is 1. The molecule has 1 heteroatoms. The van der Waals surface area contributed by atoms with Crippen molar-refractivity contribution in [2.24, 2.45) is 11.8 Å². The maximum absolute atomic E-state index is 3.94. The van der Waals surface area contributed by atoms with E-state index in [1.807, 2.05) is 0 Å². The van der Waals surface area contributed by atoms with E-state index < -0.39 is 0 Å². The van der Waals surface area contributed by atoms with Crippen molar-refractivity contribution in [2.45, 2.75) is 83.7 Å². The van der Waals surface area contributed by atoms with Crippen molar-refractivity contribution < 1.29 is 0 Å². The van der Waals surface area contributed by atoms with E-state index in [-0.39, 0.29) is 0 Å². The van der Waals surface area contributed by atoms with E-state index in [1.54, 1.807) is 0 Å². The normalized spacial score (nSPS) is 34.9. The summed E-state index contributed by atoms with van der Waals surface area (Å²) in [5.74, 6) is 1.86. The first-order valence-corrected chi connectivity index (χ1v) is 7.53. The monoisotopic (exact) mass is 223 g/mol. The number of nitrogens with one attached hydrogen (secondary N) is 1. The van der Waals surface area contributed by atoms with E-state index in [1.165, 1.54) is 57.8 Å². The number of rotatable bonds is 3. The molecule has 0 spiro atoms. The lowest BCUT2D eigenvalue weighted by Gasteiger charge is -2.36. The molecule has 2 fully saturated rings. The SMILES string of the molecule is CC1CCCCC1NC(C)C1CCCCC1. The Hall–Kier alpha value is -0.0400. The molecule has 16 heavy (non-hydrogen) atoms. The van der Waals surface area contributed by atoms with Gasteiger partial charge in [0.05, 0.1) is 0 Å². The molecule has 3 unspecified atom stereocenters. The second-order valence-electron chi connectivity index (χ2n) is 6.22. The van der Waals surface area contributed by atoms with Gasteiger partial charge in [0.15, 0.2) is 0 Å². The minimum atomic E-state index is 0.755. The highest BCUT2D eigenvalue weighted by Gasteiger charge is 2.26. The molecule has 2 rings (SSSR count). The van der Waals surface area contributed by atoms with Gasteiger partial charge in [0.1, 0.15) is 0 Å². The van der Waals surface area contributed by atoms with Gasteiger partial charge in [-0.2, -0.15) is 0 Å². The summed E-state index contributed by atoms with van der Waals surface area (Å²) in [6.45, 7) is 4.86. The Morgan fingerprint density at radius 3 is 2.19 bits per heavy atom. The zero-order valence-corrected chi connectivity index (χ0v) is 11.2. The Morgan fingerprint density at radius 1 is 0.875 bits per heavy atom. The molecule has 0 aromatic rings. The minimum absolute atomic E-state index is 0.755. The maximum Gasteiger partial charge on any atom is 0.00952 e. The molecule has 0 aromatic heterocycles. The molecule has 0 bridgehead atoms. The lowest BCUT2D eigenvalue weighted by Crippen LogP contribution is -2.45. The molecule has 1 nitrogen and oxygen atoms in total. The molecule has 2 aliphatic carbocycles. The van der Waals surface area contributed by atoms with Crippen LogP contribution in [0.2, 0.25) is 0 Å². The van der Waals surface area contributed by atoms with Crippen molar-refractivity contribution >= 4 is 0 Å². The molecule has 94 valence electrons. The van der Waals surface area contributed by atoms with Crippen LogP contribution in [0.15, 0.2) is 0 Å². The Morgan fingerprint density at radius 2 is 1.50 bits per heavy atom. The summed E-state index contributed by atoms with van der Waals surface area (Å²) in [6.07, 6.45) is 13.1. The third-order valence-corrected chi connectivity index (χ3v) is 4.95. The molecule has 0 radical (unpaired) electrons. The highest BCUT2D eigenvalue weighted by Crippen LogP contribution is 2.29. The van der Waals surface area contributed by atoms with Crippen LogP contribution in [-0.4, -0.2) is 12.1 Å². The summed E-state index contributed by atoms with van der Waals surface area (Å²) in [5, 5.41) is 3.94. The quantitative estimate of drug-likeness (QED) is 0.759. The molecule has 3 atom stereocenters. The summed E-state index contributed by atoms with van der Waals surface area (Å²) < 4.78 is 0. The van der Waals surface area contributed by atoms with Crippen molar-refractivity contribution in [2.75, 3.05) is 0 Å². The van der Waals surface area contributed by atoms with Crippen LogP contribution in [0.5, 0.6) is 0 Å². The van der Waals surface area contributed by atoms with Gasteiger partial charge < -0.3 is 5.32 Å². The average molecular weight is 223 g/mol. The standard InChI is InChI=1S/C15H29N/c1-12-8-6-7-11-15(12)16-13(2)14-9-4-3-5-10-14/h12-16H,3-11H2,1-2H3. The number of hydrogen-bond acceptors (Lipinski definition) is 1. The molecule has 1 N–H and O–H groups in total. The van der Waals surface area contributed by atoms with E-state index in [9.17, 15) is 0 Å². The van der Waals surface area contributed by atoms with Crippen LogP contribution < -0.4 is 5.32 Å². The van der Waals surface area contributed by atoms with Crippen LogP contribution >= 0.6 is 0 Å². The molecular formula is C15H29N. The molecule has 2 saturated carbocycles. The smallest absolute Gasteiger partial charge is 0.00952 e. The lowest BCUT2D eigenvalue weighted by atomic mass is 9.81. The molecule has 0 aliphatic heterocycles. The van der Waals surface area contributed by atoms with E-state index in [4.69, 9.17) is 0 Å². The van der Waals surface area contributed by atoms with E-state index in [0.29, 0.717) is 0 Å². The van der Waals surface area contributed by atoms with Gasteiger partial charge in [0, 0.05) is 12.1 Å². The second kappa shape index (κ2) is 6.05. The van der Waals surface area contributed by atoms with Gasteiger partial charge in [-0.3, -0.25) is 0 Å². The van der Waals surface area contributed by atoms with Crippen LogP contribution in [-0.2, 0) is 0 Å². The zero-order valence-electron chi connectivity index (χ0n) is 11.2. The molecule has 0 aromatic carbocycles. The van der Waals surface area contributed by atoms with Crippen molar-refractivity contribution in [3.05, 3.63) is 0 Å². The highest BCUT2D eigenvalue weighted by molar-refractivity contribution is 4.84. The third-order valence-electron chi connectivity index (χ3n) is 4.95. The predicted molar refractivity (Wildman–Crippen MR) is 70.6 cm³/mol. The van der Waals surface area contributed by atoms with Crippen LogP contribution in [0.4, 0.5) is 0 Å². The minimum Gasteiger partial charge on any atom is -0.311 e. The van der Waals surface area contributed by atoms with Crippen molar-refractivity contribution in [3.63, 3.8) is 0 Å². The first-order chi connectivity index (χ1) is 7.77. The zero-order chi connectivity index (χ0) is 11.4. The van der Waals surface area contributed by atoms with Gasteiger partial charge in [-0.25, -0.2) is 0 Å². The summed E-state index contributed by atoms with van der Waals surface area (Å²) in [7, 11) is 0. The van der Waals surface area contributed by atoms with Gasteiger partial charge in [0.2, 0.25) is 0 Å². The predicted octanol–water partition coefficient (Wildman–Crippen LogP) is 4.12. The highest BCUT2D eigenvalue weighted by atomic mass is 15.0. The van der Waals surface area contributed by atoms with Crippen molar-refractivity contribution in [1.29, 1.82) is 0 Å². The Balaban J connectivity index is 1.78. The van der Waals surface area contributed by atoms with E-state index in [2.05, 4.69) is 19.2 Å².